The van der Waals surface area contributed by atoms with Gasteiger partial charge in [0.2, 0.25) is 0 Å². The highest BCUT2D eigenvalue weighted by Crippen LogP contribution is 2.34. The predicted molar refractivity (Wildman–Crippen MR) is 84.1 cm³/mol. The molecule has 0 saturated carbocycles. The van der Waals surface area contributed by atoms with Crippen molar-refractivity contribution in [2.24, 2.45) is 0 Å². The number of carboxylic acids is 1. The fraction of sp³-hybridized carbons (Fsp3) is 0.125. The van der Waals surface area contributed by atoms with Gasteiger partial charge in [0.15, 0.2) is 5.75 Å². The van der Waals surface area contributed by atoms with Gasteiger partial charge in [-0.3, -0.25) is 4.79 Å². The lowest BCUT2D eigenvalue weighted by Gasteiger charge is -2.13. The molecule has 0 bridgehead atoms. The summed E-state index contributed by atoms with van der Waals surface area (Å²) in [6.07, 6.45) is 0. The topological polar surface area (TPSA) is 75.6 Å². The number of aromatic carboxylic acids is 1. The Morgan fingerprint density at radius 2 is 1.91 bits per heavy atom. The molecule has 5 nitrogen and oxygen atoms in total. The minimum Gasteiger partial charge on any atom is -0.493 e. The van der Waals surface area contributed by atoms with Crippen molar-refractivity contribution in [1.29, 1.82) is 0 Å². The number of hydrogen-bond donors (Lipinski definition) is 2. The summed E-state index contributed by atoms with van der Waals surface area (Å²) in [5, 5.41) is 11.8. The van der Waals surface area contributed by atoms with Gasteiger partial charge in [0, 0.05) is 5.56 Å². The van der Waals surface area contributed by atoms with Crippen molar-refractivity contribution < 1.29 is 19.4 Å². The summed E-state index contributed by atoms with van der Waals surface area (Å²) >= 11 is 5.99. The van der Waals surface area contributed by atoms with E-state index in [0.717, 1.165) is 5.56 Å². The van der Waals surface area contributed by atoms with E-state index in [-0.39, 0.29) is 27.9 Å². The lowest BCUT2D eigenvalue weighted by molar-refractivity contribution is 0.0696. The number of ether oxygens (including phenoxy) is 1. The van der Waals surface area contributed by atoms with Crippen LogP contribution in [0.5, 0.6) is 5.75 Å². The third-order valence-corrected chi connectivity index (χ3v) is 3.30. The molecule has 0 aliphatic carbocycles. The molecule has 0 aromatic heterocycles. The number of methoxy groups -OCH3 is 1. The molecule has 0 unspecified atom stereocenters. The Labute approximate surface area is 132 Å². The summed E-state index contributed by atoms with van der Waals surface area (Å²) in [5.74, 6) is -1.30. The van der Waals surface area contributed by atoms with Crippen LogP contribution in [0.15, 0.2) is 36.4 Å². The maximum Gasteiger partial charge on any atom is 0.335 e. The maximum absolute atomic E-state index is 12.3. The molecule has 0 heterocycles. The van der Waals surface area contributed by atoms with Crippen LogP contribution in [-0.2, 0) is 0 Å². The van der Waals surface area contributed by atoms with Crippen LogP contribution in [0.25, 0.3) is 0 Å². The molecule has 2 rings (SSSR count). The molecule has 2 aromatic carbocycles. The number of anilines is 1. The van der Waals surface area contributed by atoms with Gasteiger partial charge in [-0.15, -0.1) is 0 Å². The minimum atomic E-state index is -1.14. The first-order valence-corrected chi connectivity index (χ1v) is 6.79. The summed E-state index contributed by atoms with van der Waals surface area (Å²) in [7, 11) is 1.39. The van der Waals surface area contributed by atoms with Crippen molar-refractivity contribution in [1.82, 2.24) is 0 Å². The highest BCUT2D eigenvalue weighted by Gasteiger charge is 2.16. The second-order valence-electron chi connectivity index (χ2n) is 4.67. The van der Waals surface area contributed by atoms with Crippen molar-refractivity contribution >= 4 is 29.2 Å². The van der Waals surface area contributed by atoms with Crippen LogP contribution in [0, 0.1) is 6.92 Å². The van der Waals surface area contributed by atoms with E-state index in [9.17, 15) is 9.59 Å². The Kier molecular flexibility index (Phi) is 4.68. The van der Waals surface area contributed by atoms with Gasteiger partial charge in [-0.25, -0.2) is 4.79 Å². The molecule has 0 aliphatic heterocycles. The third-order valence-electron chi connectivity index (χ3n) is 3.02. The van der Waals surface area contributed by atoms with E-state index in [1.54, 1.807) is 18.2 Å². The molecule has 0 atom stereocenters. The molecule has 0 saturated heterocycles. The molecule has 0 fully saturated rings. The van der Waals surface area contributed by atoms with Crippen molar-refractivity contribution in [2.45, 2.75) is 6.92 Å². The fourth-order valence-electron chi connectivity index (χ4n) is 2.00. The van der Waals surface area contributed by atoms with Crippen LogP contribution in [0.4, 0.5) is 5.69 Å². The Morgan fingerprint density at radius 1 is 1.18 bits per heavy atom. The second-order valence-corrected chi connectivity index (χ2v) is 5.07. The number of nitrogens with one attached hydrogen (secondary N) is 1. The largest absolute Gasteiger partial charge is 0.493 e. The number of benzene rings is 2. The summed E-state index contributed by atoms with van der Waals surface area (Å²) < 4.78 is 5.13. The number of carbonyl (C=O) groups is 2. The molecule has 114 valence electrons. The molecule has 22 heavy (non-hydrogen) atoms. The zero-order chi connectivity index (χ0) is 16.3. The van der Waals surface area contributed by atoms with E-state index < -0.39 is 5.97 Å². The van der Waals surface area contributed by atoms with Gasteiger partial charge in [0.05, 0.1) is 23.4 Å². The van der Waals surface area contributed by atoms with E-state index in [0.29, 0.717) is 5.56 Å². The minimum absolute atomic E-state index is 0.0367. The van der Waals surface area contributed by atoms with Gasteiger partial charge >= 0.3 is 5.97 Å². The van der Waals surface area contributed by atoms with Gasteiger partial charge in [-0.2, -0.15) is 0 Å². The van der Waals surface area contributed by atoms with E-state index in [2.05, 4.69) is 5.32 Å². The third kappa shape index (κ3) is 3.38. The summed E-state index contributed by atoms with van der Waals surface area (Å²) in [6.45, 7) is 1.87. The van der Waals surface area contributed by atoms with Crippen molar-refractivity contribution in [3.8, 4) is 5.75 Å². The average Bonchev–Trinajstić information content (AvgIpc) is 2.46. The highest BCUT2D eigenvalue weighted by atomic mass is 35.5. The molecule has 0 spiro atoms. The molecule has 6 heteroatoms. The first kappa shape index (κ1) is 15.9. The lowest BCUT2D eigenvalue weighted by atomic mass is 10.1. The molecule has 2 aromatic rings. The predicted octanol–water partition coefficient (Wildman–Crippen LogP) is 3.61. The van der Waals surface area contributed by atoms with Crippen LogP contribution in [0.3, 0.4) is 0 Å². The number of hydrogen-bond acceptors (Lipinski definition) is 3. The zero-order valence-electron chi connectivity index (χ0n) is 12.0. The number of aryl methyl sites for hydroxylation is 1. The van der Waals surface area contributed by atoms with E-state index in [4.69, 9.17) is 21.4 Å². The van der Waals surface area contributed by atoms with Gasteiger partial charge in [0.25, 0.3) is 5.91 Å². The summed E-state index contributed by atoms with van der Waals surface area (Å²) in [4.78, 5) is 23.4. The van der Waals surface area contributed by atoms with Crippen LogP contribution in [0.1, 0.15) is 26.3 Å². The second kappa shape index (κ2) is 6.49. The lowest BCUT2D eigenvalue weighted by Crippen LogP contribution is -2.13. The van der Waals surface area contributed by atoms with E-state index in [1.807, 2.05) is 13.0 Å². The Hall–Kier alpha value is -2.53. The normalized spacial score (nSPS) is 10.1. The first-order valence-electron chi connectivity index (χ1n) is 6.41. The number of carbonyl (C=O) groups excluding carboxylic acids is 1. The van der Waals surface area contributed by atoms with Crippen molar-refractivity contribution in [3.63, 3.8) is 0 Å². The standard InChI is InChI=1S/C16H14ClNO4/c1-9-4-3-5-10(6-9)15(19)18-13-8-11(16(20)21)7-12(17)14(13)22-2/h3-8H,1-2H3,(H,18,19)(H,20,21). The average molecular weight is 320 g/mol. The first-order chi connectivity index (χ1) is 10.4. The van der Waals surface area contributed by atoms with E-state index in [1.165, 1.54) is 19.2 Å². The van der Waals surface area contributed by atoms with Crippen LogP contribution >= 0.6 is 11.6 Å². The van der Waals surface area contributed by atoms with Gasteiger partial charge in [-0.05, 0) is 31.2 Å². The number of amides is 1. The van der Waals surface area contributed by atoms with E-state index >= 15 is 0 Å². The summed E-state index contributed by atoms with van der Waals surface area (Å²) in [6, 6.07) is 9.61. The van der Waals surface area contributed by atoms with Crippen LogP contribution in [-0.4, -0.2) is 24.1 Å². The fourth-order valence-corrected chi connectivity index (χ4v) is 2.29. The highest BCUT2D eigenvalue weighted by molar-refractivity contribution is 6.33. The smallest absolute Gasteiger partial charge is 0.335 e. The SMILES string of the molecule is COc1c(Cl)cc(C(=O)O)cc1NC(=O)c1cccc(C)c1. The molecule has 0 aliphatic rings. The molecular formula is C16H14ClNO4. The Morgan fingerprint density at radius 3 is 2.50 bits per heavy atom. The van der Waals surface area contributed by atoms with Crippen LogP contribution < -0.4 is 10.1 Å². The zero-order valence-corrected chi connectivity index (χ0v) is 12.8. The van der Waals surface area contributed by atoms with Gasteiger partial charge < -0.3 is 15.2 Å². The summed E-state index contributed by atoms with van der Waals surface area (Å²) in [5.41, 5.74) is 1.57. The van der Waals surface area contributed by atoms with Gasteiger partial charge in [0.1, 0.15) is 0 Å². The van der Waals surface area contributed by atoms with Crippen LogP contribution in [0.2, 0.25) is 5.02 Å². The number of halogens is 1. The molecule has 2 N–H and O–H groups in total. The number of carboxylic acid groups (broad SMARTS) is 1. The number of rotatable bonds is 4. The Balaban J connectivity index is 2.39. The molecular weight excluding hydrogens is 306 g/mol. The quantitative estimate of drug-likeness (QED) is 0.902. The Bertz CT molecular complexity index is 743. The van der Waals surface area contributed by atoms with Crippen molar-refractivity contribution in [2.75, 3.05) is 12.4 Å². The van der Waals surface area contributed by atoms with Gasteiger partial charge in [-0.1, -0.05) is 29.3 Å². The molecule has 1 amide bonds. The maximum atomic E-state index is 12.3. The van der Waals surface area contributed by atoms with Crippen molar-refractivity contribution in [3.05, 3.63) is 58.1 Å². The monoisotopic (exact) mass is 319 g/mol. The molecule has 0 radical (unpaired) electrons.